The number of anilines is 1. The largest absolute Gasteiger partial charge is 0.344 e. The van der Waals surface area contributed by atoms with Crippen LogP contribution < -0.4 is 4.90 Å². The highest BCUT2D eigenvalue weighted by molar-refractivity contribution is 7.89. The van der Waals surface area contributed by atoms with Crippen molar-refractivity contribution in [1.29, 1.82) is 0 Å². The van der Waals surface area contributed by atoms with E-state index in [1.54, 1.807) is 0 Å². The summed E-state index contributed by atoms with van der Waals surface area (Å²) in [6, 6.07) is 5.14. The molecule has 9 nitrogen and oxygen atoms in total. The van der Waals surface area contributed by atoms with E-state index in [2.05, 4.69) is 9.36 Å². The van der Waals surface area contributed by atoms with Crippen molar-refractivity contribution in [3.63, 3.8) is 0 Å². The molecule has 11 heteroatoms. The summed E-state index contributed by atoms with van der Waals surface area (Å²) in [4.78, 5) is 16.6. The first-order valence-corrected chi connectivity index (χ1v) is 9.95. The fraction of sp³-hybridized carbons (Fsp3) is 0.429. The van der Waals surface area contributed by atoms with Crippen molar-refractivity contribution in [2.24, 2.45) is 0 Å². The first kappa shape index (κ1) is 17.7. The predicted molar refractivity (Wildman–Crippen MR) is 93.4 cm³/mol. The number of aromatic nitrogens is 2. The van der Waals surface area contributed by atoms with Gasteiger partial charge in [-0.05, 0) is 6.07 Å². The second-order valence-corrected chi connectivity index (χ2v) is 8.16. The van der Waals surface area contributed by atoms with Gasteiger partial charge < -0.3 is 4.90 Å². The molecule has 0 atom stereocenters. The van der Waals surface area contributed by atoms with Crippen molar-refractivity contribution >= 4 is 32.4 Å². The maximum Gasteiger partial charge on any atom is 0.270 e. The molecule has 134 valence electrons. The monoisotopic (exact) mass is 383 g/mol. The lowest BCUT2D eigenvalue weighted by Gasteiger charge is -2.33. The van der Waals surface area contributed by atoms with Crippen molar-refractivity contribution in [2.75, 3.05) is 31.1 Å². The van der Waals surface area contributed by atoms with Gasteiger partial charge in [-0.25, -0.2) is 13.4 Å². The Morgan fingerprint density at radius 3 is 2.60 bits per heavy atom. The molecule has 0 N–H and O–H groups in total. The van der Waals surface area contributed by atoms with E-state index in [9.17, 15) is 18.5 Å². The summed E-state index contributed by atoms with van der Waals surface area (Å²) < 4.78 is 31.0. The molecule has 0 amide bonds. The Kier molecular flexibility index (Phi) is 4.97. The van der Waals surface area contributed by atoms with Crippen molar-refractivity contribution in [3.8, 4) is 0 Å². The second-order valence-electron chi connectivity index (χ2n) is 5.49. The van der Waals surface area contributed by atoms with Crippen LogP contribution in [0.3, 0.4) is 0 Å². The van der Waals surface area contributed by atoms with Gasteiger partial charge in [-0.1, -0.05) is 13.0 Å². The van der Waals surface area contributed by atoms with Gasteiger partial charge >= 0.3 is 0 Å². The molecular weight excluding hydrogens is 366 g/mol. The lowest BCUT2D eigenvalue weighted by atomic mass is 10.3. The van der Waals surface area contributed by atoms with E-state index in [-0.39, 0.29) is 10.6 Å². The summed E-state index contributed by atoms with van der Waals surface area (Å²) in [5.74, 6) is 0.784. The number of piperazine rings is 1. The number of nitro benzene ring substituents is 1. The molecule has 0 aliphatic carbocycles. The summed E-state index contributed by atoms with van der Waals surface area (Å²) in [5, 5.41) is 11.7. The average molecular weight is 383 g/mol. The topological polar surface area (TPSA) is 110 Å². The molecule has 0 spiro atoms. The second kappa shape index (κ2) is 7.02. The quantitative estimate of drug-likeness (QED) is 0.569. The Morgan fingerprint density at radius 1 is 1.28 bits per heavy atom. The smallest absolute Gasteiger partial charge is 0.270 e. The van der Waals surface area contributed by atoms with E-state index in [1.807, 2.05) is 11.8 Å². The molecule has 25 heavy (non-hydrogen) atoms. The molecule has 1 aromatic carbocycles. The Labute approximate surface area is 149 Å². The van der Waals surface area contributed by atoms with Gasteiger partial charge in [0, 0.05) is 56.3 Å². The van der Waals surface area contributed by atoms with Crippen LogP contribution in [0, 0.1) is 10.1 Å². The number of nitro groups is 1. The Bertz CT molecular complexity index is 875. The van der Waals surface area contributed by atoms with Crippen molar-refractivity contribution < 1.29 is 13.3 Å². The minimum absolute atomic E-state index is 0.0562. The average Bonchev–Trinajstić information content (AvgIpc) is 3.11. The van der Waals surface area contributed by atoms with Gasteiger partial charge in [-0.15, -0.1) is 0 Å². The van der Waals surface area contributed by atoms with Crippen LogP contribution in [0.4, 0.5) is 10.8 Å². The number of hydrogen-bond acceptors (Lipinski definition) is 8. The molecule has 0 radical (unpaired) electrons. The zero-order valence-electron chi connectivity index (χ0n) is 13.5. The molecule has 1 aromatic heterocycles. The van der Waals surface area contributed by atoms with Crippen LogP contribution in [0.1, 0.15) is 12.7 Å². The van der Waals surface area contributed by atoms with Crippen LogP contribution in [0.25, 0.3) is 0 Å². The van der Waals surface area contributed by atoms with Gasteiger partial charge in [0.2, 0.25) is 15.2 Å². The first-order valence-electron chi connectivity index (χ1n) is 7.74. The highest BCUT2D eigenvalue weighted by atomic mass is 32.2. The molecule has 1 saturated heterocycles. The van der Waals surface area contributed by atoms with Gasteiger partial charge in [0.25, 0.3) is 5.69 Å². The fourth-order valence-electron chi connectivity index (χ4n) is 2.54. The van der Waals surface area contributed by atoms with E-state index in [4.69, 9.17) is 0 Å². The van der Waals surface area contributed by atoms with Crippen LogP contribution in [-0.4, -0.2) is 53.2 Å². The van der Waals surface area contributed by atoms with Crippen LogP contribution in [-0.2, 0) is 16.4 Å². The third-order valence-electron chi connectivity index (χ3n) is 3.95. The highest BCUT2D eigenvalue weighted by Gasteiger charge is 2.30. The van der Waals surface area contributed by atoms with Crippen LogP contribution in [0.2, 0.25) is 0 Å². The molecule has 0 saturated carbocycles. The SMILES string of the molecule is CCc1nsc(N2CCN(S(=O)(=O)c3cccc([N+](=O)[O-])c3)CC2)n1. The Balaban J connectivity index is 1.73. The van der Waals surface area contributed by atoms with E-state index in [0.717, 1.165) is 23.4 Å². The van der Waals surface area contributed by atoms with Gasteiger partial charge in [-0.2, -0.15) is 8.68 Å². The van der Waals surface area contributed by atoms with Gasteiger partial charge in [-0.3, -0.25) is 10.1 Å². The summed E-state index contributed by atoms with van der Waals surface area (Å²) in [6.07, 6.45) is 0.762. The first-order chi connectivity index (χ1) is 11.9. The van der Waals surface area contributed by atoms with Crippen LogP contribution >= 0.6 is 11.5 Å². The van der Waals surface area contributed by atoms with Gasteiger partial charge in [0.05, 0.1) is 9.82 Å². The molecule has 0 bridgehead atoms. The normalized spacial score (nSPS) is 16.1. The third-order valence-corrected chi connectivity index (χ3v) is 6.66. The van der Waals surface area contributed by atoms with Crippen LogP contribution in [0.5, 0.6) is 0 Å². The predicted octanol–water partition coefficient (Wildman–Crippen LogP) is 1.52. The number of aryl methyl sites for hydroxylation is 1. The maximum absolute atomic E-state index is 12.7. The molecule has 0 unspecified atom stereocenters. The Hall–Kier alpha value is -2.11. The molecule has 1 fully saturated rings. The minimum atomic E-state index is -3.75. The van der Waals surface area contributed by atoms with Crippen LogP contribution in [0.15, 0.2) is 29.2 Å². The lowest BCUT2D eigenvalue weighted by molar-refractivity contribution is -0.385. The number of non-ortho nitro benzene ring substituents is 1. The van der Waals surface area contributed by atoms with E-state index < -0.39 is 14.9 Å². The fourth-order valence-corrected chi connectivity index (χ4v) is 4.81. The Morgan fingerprint density at radius 2 is 2.00 bits per heavy atom. The summed E-state index contributed by atoms with van der Waals surface area (Å²) >= 11 is 1.31. The van der Waals surface area contributed by atoms with E-state index in [1.165, 1.54) is 34.0 Å². The molecule has 1 aliphatic rings. The summed E-state index contributed by atoms with van der Waals surface area (Å²) in [6.45, 7) is 3.59. The molecule has 1 aliphatic heterocycles. The van der Waals surface area contributed by atoms with Gasteiger partial charge in [0.15, 0.2) is 0 Å². The highest BCUT2D eigenvalue weighted by Crippen LogP contribution is 2.24. The lowest BCUT2D eigenvalue weighted by Crippen LogP contribution is -2.48. The minimum Gasteiger partial charge on any atom is -0.344 e. The van der Waals surface area contributed by atoms with Crippen molar-refractivity contribution in [1.82, 2.24) is 13.7 Å². The number of rotatable bonds is 5. The molecule has 2 heterocycles. The molecular formula is C14H17N5O4S2. The number of sulfonamides is 1. The standard InChI is InChI=1S/C14H17N5O4S2/c1-2-13-15-14(24-16-13)17-6-8-18(9-7-17)25(22,23)12-5-3-4-11(10-12)19(20)21/h3-5,10H,2,6-9H2,1H3. The number of benzene rings is 1. The molecule has 2 aromatic rings. The zero-order chi connectivity index (χ0) is 18.0. The van der Waals surface area contributed by atoms with E-state index in [0.29, 0.717) is 26.2 Å². The zero-order valence-corrected chi connectivity index (χ0v) is 15.2. The number of nitrogens with zero attached hydrogens (tertiary/aromatic N) is 5. The van der Waals surface area contributed by atoms with Gasteiger partial charge in [0.1, 0.15) is 5.82 Å². The third kappa shape index (κ3) is 3.62. The summed E-state index contributed by atoms with van der Waals surface area (Å²) in [7, 11) is -3.75. The van der Waals surface area contributed by atoms with Crippen molar-refractivity contribution in [3.05, 3.63) is 40.2 Å². The van der Waals surface area contributed by atoms with Crippen molar-refractivity contribution in [2.45, 2.75) is 18.2 Å². The van der Waals surface area contributed by atoms with E-state index >= 15 is 0 Å². The molecule has 3 rings (SSSR count). The number of hydrogen-bond donors (Lipinski definition) is 0. The summed E-state index contributed by atoms with van der Waals surface area (Å²) in [5.41, 5.74) is -0.235. The maximum atomic E-state index is 12.7.